The normalized spacial score (nSPS) is 12.4. The Morgan fingerprint density at radius 1 is 1.41 bits per heavy atom. The van der Waals surface area contributed by atoms with E-state index >= 15 is 0 Å². The average Bonchev–Trinajstić information content (AvgIpc) is 2.27. The Bertz CT molecular complexity index is 396. The smallest absolute Gasteiger partial charge is 0.218 e. The molecule has 0 spiro atoms. The van der Waals surface area contributed by atoms with Gasteiger partial charge in [-0.3, -0.25) is 4.79 Å². The molecule has 1 aromatic carbocycles. The minimum absolute atomic E-state index is 0.0784. The van der Waals surface area contributed by atoms with Crippen molar-refractivity contribution in [1.82, 2.24) is 5.32 Å². The molecule has 17 heavy (non-hydrogen) atoms. The summed E-state index contributed by atoms with van der Waals surface area (Å²) >= 11 is 11.8. The van der Waals surface area contributed by atoms with Crippen LogP contribution in [0.25, 0.3) is 0 Å². The molecule has 1 rings (SSSR count). The number of rotatable bonds is 6. The van der Waals surface area contributed by atoms with Crippen molar-refractivity contribution in [1.29, 1.82) is 0 Å². The van der Waals surface area contributed by atoms with E-state index < -0.39 is 0 Å². The van der Waals surface area contributed by atoms with Crippen molar-refractivity contribution in [3.05, 3.63) is 33.8 Å². The molecule has 5 heteroatoms. The number of carbonyl (C=O) groups excluding carboxylic acids is 1. The van der Waals surface area contributed by atoms with Gasteiger partial charge in [0.05, 0.1) is 10.0 Å². The minimum Gasteiger partial charge on any atom is -0.370 e. The molecule has 1 atom stereocenters. The Morgan fingerprint density at radius 2 is 2.12 bits per heavy atom. The van der Waals surface area contributed by atoms with E-state index in [9.17, 15) is 4.79 Å². The molecular formula is C12H16Cl2N2O. The second-order valence-electron chi connectivity index (χ2n) is 3.93. The van der Waals surface area contributed by atoms with Gasteiger partial charge in [0.2, 0.25) is 5.91 Å². The molecule has 0 fully saturated rings. The Hall–Kier alpha value is -0.770. The highest BCUT2D eigenvalue weighted by Crippen LogP contribution is 2.29. The molecule has 1 amide bonds. The number of amides is 1. The van der Waals surface area contributed by atoms with Gasteiger partial charge in [0.15, 0.2) is 0 Å². The highest BCUT2D eigenvalue weighted by Gasteiger charge is 2.15. The van der Waals surface area contributed by atoms with Crippen molar-refractivity contribution in [2.45, 2.75) is 18.8 Å². The number of hydrogen-bond acceptors (Lipinski definition) is 2. The van der Waals surface area contributed by atoms with Crippen molar-refractivity contribution >= 4 is 29.1 Å². The molecule has 3 nitrogen and oxygen atoms in total. The standard InChI is InChI=1S/C12H16Cl2N2O/c1-16-5-4-9(7-12(15)17)8-2-3-10(13)11(14)6-8/h2-3,6,9,16H,4-5,7H2,1H3,(H2,15,17). The van der Waals surface area contributed by atoms with E-state index in [0.29, 0.717) is 16.5 Å². The van der Waals surface area contributed by atoms with Crippen LogP contribution in [0.3, 0.4) is 0 Å². The van der Waals surface area contributed by atoms with Gasteiger partial charge in [-0.2, -0.15) is 0 Å². The van der Waals surface area contributed by atoms with E-state index in [1.807, 2.05) is 13.1 Å². The summed E-state index contributed by atoms with van der Waals surface area (Å²) in [6.07, 6.45) is 1.15. The molecule has 0 saturated heterocycles. The molecule has 1 unspecified atom stereocenters. The first-order chi connectivity index (χ1) is 8.04. The summed E-state index contributed by atoms with van der Waals surface area (Å²) < 4.78 is 0. The summed E-state index contributed by atoms with van der Waals surface area (Å²) in [6, 6.07) is 5.43. The summed E-state index contributed by atoms with van der Waals surface area (Å²) in [4.78, 5) is 11.0. The molecule has 0 aliphatic carbocycles. The lowest BCUT2D eigenvalue weighted by molar-refractivity contribution is -0.118. The fourth-order valence-corrected chi connectivity index (χ4v) is 2.02. The van der Waals surface area contributed by atoms with Crippen LogP contribution in [0.1, 0.15) is 24.3 Å². The van der Waals surface area contributed by atoms with Gasteiger partial charge in [-0.25, -0.2) is 0 Å². The zero-order valence-electron chi connectivity index (χ0n) is 9.67. The number of benzene rings is 1. The van der Waals surface area contributed by atoms with Crippen molar-refractivity contribution in [2.75, 3.05) is 13.6 Å². The van der Waals surface area contributed by atoms with Gasteiger partial charge < -0.3 is 11.1 Å². The highest BCUT2D eigenvalue weighted by atomic mass is 35.5. The highest BCUT2D eigenvalue weighted by molar-refractivity contribution is 6.42. The van der Waals surface area contributed by atoms with Gasteiger partial charge in [-0.15, -0.1) is 0 Å². The third-order valence-electron chi connectivity index (χ3n) is 2.61. The van der Waals surface area contributed by atoms with Crippen LogP contribution in [0, 0.1) is 0 Å². The lowest BCUT2D eigenvalue weighted by Gasteiger charge is -2.16. The zero-order chi connectivity index (χ0) is 12.8. The first kappa shape index (κ1) is 14.3. The number of halogens is 2. The third kappa shape index (κ3) is 4.54. The van der Waals surface area contributed by atoms with Gasteiger partial charge in [-0.05, 0) is 43.6 Å². The fourth-order valence-electron chi connectivity index (χ4n) is 1.71. The van der Waals surface area contributed by atoms with E-state index in [4.69, 9.17) is 28.9 Å². The van der Waals surface area contributed by atoms with Gasteiger partial charge in [0.25, 0.3) is 0 Å². The molecule has 3 N–H and O–H groups in total. The molecular weight excluding hydrogens is 259 g/mol. The SMILES string of the molecule is CNCCC(CC(N)=O)c1ccc(Cl)c(Cl)c1. The first-order valence-corrected chi connectivity index (χ1v) is 6.18. The quantitative estimate of drug-likeness (QED) is 0.838. The van der Waals surface area contributed by atoms with Crippen LogP contribution in [-0.2, 0) is 4.79 Å². The Balaban J connectivity index is 2.86. The predicted octanol–water partition coefficient (Wildman–Crippen LogP) is 2.56. The van der Waals surface area contributed by atoms with Gasteiger partial charge in [0, 0.05) is 6.42 Å². The van der Waals surface area contributed by atoms with Crippen LogP contribution in [-0.4, -0.2) is 19.5 Å². The topological polar surface area (TPSA) is 55.1 Å². The molecule has 0 aliphatic heterocycles. The summed E-state index contributed by atoms with van der Waals surface area (Å²) in [7, 11) is 1.87. The summed E-state index contributed by atoms with van der Waals surface area (Å²) in [5.74, 6) is -0.230. The molecule has 1 aromatic rings. The lowest BCUT2D eigenvalue weighted by atomic mass is 9.92. The van der Waals surface area contributed by atoms with Crippen molar-refractivity contribution in [3.63, 3.8) is 0 Å². The largest absolute Gasteiger partial charge is 0.370 e. The van der Waals surface area contributed by atoms with Crippen LogP contribution in [0.5, 0.6) is 0 Å². The molecule has 0 heterocycles. The maximum Gasteiger partial charge on any atom is 0.218 e. The van der Waals surface area contributed by atoms with Gasteiger partial charge >= 0.3 is 0 Å². The Labute approximate surface area is 111 Å². The molecule has 94 valence electrons. The molecule has 0 aromatic heterocycles. The summed E-state index contributed by atoms with van der Waals surface area (Å²) in [5.41, 5.74) is 6.25. The number of nitrogens with one attached hydrogen (secondary N) is 1. The number of carbonyl (C=O) groups is 1. The van der Waals surface area contributed by atoms with Crippen LogP contribution in [0.15, 0.2) is 18.2 Å². The van der Waals surface area contributed by atoms with E-state index in [-0.39, 0.29) is 11.8 Å². The van der Waals surface area contributed by atoms with Crippen molar-refractivity contribution < 1.29 is 4.79 Å². The Morgan fingerprint density at radius 3 is 2.65 bits per heavy atom. The van der Waals surface area contributed by atoms with Crippen molar-refractivity contribution in [3.8, 4) is 0 Å². The molecule has 0 aliphatic rings. The molecule has 0 radical (unpaired) electrons. The number of nitrogens with two attached hydrogens (primary N) is 1. The monoisotopic (exact) mass is 274 g/mol. The Kier molecular flexibility index (Phi) is 5.75. The van der Waals surface area contributed by atoms with Crippen molar-refractivity contribution in [2.24, 2.45) is 5.73 Å². The number of primary amides is 1. The average molecular weight is 275 g/mol. The van der Waals surface area contributed by atoms with Crippen LogP contribution < -0.4 is 11.1 Å². The van der Waals surface area contributed by atoms with E-state index in [1.165, 1.54) is 0 Å². The number of hydrogen-bond donors (Lipinski definition) is 2. The predicted molar refractivity (Wildman–Crippen MR) is 71.6 cm³/mol. The summed E-state index contributed by atoms with van der Waals surface area (Å²) in [6.45, 7) is 0.818. The minimum atomic E-state index is -0.308. The van der Waals surface area contributed by atoms with E-state index in [0.717, 1.165) is 18.5 Å². The molecule has 0 saturated carbocycles. The lowest BCUT2D eigenvalue weighted by Crippen LogP contribution is -2.19. The van der Waals surface area contributed by atoms with Crippen LogP contribution >= 0.6 is 23.2 Å². The second-order valence-corrected chi connectivity index (χ2v) is 4.75. The second kappa shape index (κ2) is 6.84. The van der Waals surface area contributed by atoms with Gasteiger partial charge in [0.1, 0.15) is 0 Å². The zero-order valence-corrected chi connectivity index (χ0v) is 11.2. The maximum atomic E-state index is 11.0. The fraction of sp³-hybridized carbons (Fsp3) is 0.417. The first-order valence-electron chi connectivity index (χ1n) is 5.42. The third-order valence-corrected chi connectivity index (χ3v) is 3.34. The van der Waals surface area contributed by atoms with E-state index in [2.05, 4.69) is 5.32 Å². The summed E-state index contributed by atoms with van der Waals surface area (Å²) in [5, 5.41) is 4.07. The van der Waals surface area contributed by atoms with E-state index in [1.54, 1.807) is 12.1 Å². The molecule has 0 bridgehead atoms. The van der Waals surface area contributed by atoms with Gasteiger partial charge in [-0.1, -0.05) is 29.3 Å². The van der Waals surface area contributed by atoms with Crippen LogP contribution in [0.4, 0.5) is 0 Å². The maximum absolute atomic E-state index is 11.0. The van der Waals surface area contributed by atoms with Crippen LogP contribution in [0.2, 0.25) is 10.0 Å².